The molecule has 0 aromatic heterocycles. The van der Waals surface area contributed by atoms with Crippen LogP contribution in [0, 0.1) is 5.92 Å². The average Bonchev–Trinajstić information content (AvgIpc) is 2.66. The maximum Gasteiger partial charge on any atom is 0.0107 e. The molecule has 1 atom stereocenters. The van der Waals surface area contributed by atoms with Gasteiger partial charge in [-0.2, -0.15) is 0 Å². The predicted octanol–water partition coefficient (Wildman–Crippen LogP) is 3.42. The monoisotopic (exact) mass is 252 g/mol. The normalized spacial score (nSPS) is 28.2. The van der Waals surface area contributed by atoms with E-state index < -0.39 is 0 Å². The summed E-state index contributed by atoms with van der Waals surface area (Å²) in [5.41, 5.74) is 0. The summed E-state index contributed by atoms with van der Waals surface area (Å²) in [6.45, 7) is 3.95. The minimum absolute atomic E-state index is 0.870. The third kappa shape index (κ3) is 4.55. The van der Waals surface area contributed by atoms with Crippen LogP contribution in [0.1, 0.15) is 64.2 Å². The van der Waals surface area contributed by atoms with Gasteiger partial charge in [-0.1, -0.05) is 32.1 Å². The van der Waals surface area contributed by atoms with Gasteiger partial charge in [-0.15, -0.1) is 0 Å². The molecule has 1 unspecified atom stereocenters. The van der Waals surface area contributed by atoms with E-state index >= 15 is 0 Å². The van der Waals surface area contributed by atoms with Crippen LogP contribution in [0.2, 0.25) is 0 Å². The largest absolute Gasteiger partial charge is 0.320 e. The fraction of sp³-hybridized carbons (Fsp3) is 1.00. The van der Waals surface area contributed by atoms with E-state index in [0.29, 0.717) is 0 Å². The summed E-state index contributed by atoms with van der Waals surface area (Å²) in [4.78, 5) is 2.83. The highest BCUT2D eigenvalue weighted by Gasteiger charge is 2.24. The highest BCUT2D eigenvalue weighted by molar-refractivity contribution is 4.80. The third-order valence-electron chi connectivity index (χ3n) is 4.94. The molecule has 106 valence electrons. The van der Waals surface area contributed by atoms with E-state index in [1.807, 2.05) is 0 Å². The van der Waals surface area contributed by atoms with E-state index in [-0.39, 0.29) is 0 Å². The molecule has 2 aliphatic rings. The molecule has 1 aliphatic heterocycles. The Morgan fingerprint density at radius 1 is 0.944 bits per heavy atom. The average molecular weight is 252 g/mol. The van der Waals surface area contributed by atoms with Gasteiger partial charge >= 0.3 is 0 Å². The minimum Gasteiger partial charge on any atom is -0.320 e. The van der Waals surface area contributed by atoms with E-state index in [4.69, 9.17) is 0 Å². The van der Waals surface area contributed by atoms with Gasteiger partial charge in [-0.3, -0.25) is 0 Å². The first-order valence-corrected chi connectivity index (χ1v) is 8.29. The van der Waals surface area contributed by atoms with Crippen LogP contribution in [0.15, 0.2) is 0 Å². The van der Waals surface area contributed by atoms with Gasteiger partial charge in [0.15, 0.2) is 0 Å². The molecular weight excluding hydrogens is 220 g/mol. The van der Waals surface area contributed by atoms with Gasteiger partial charge in [0.05, 0.1) is 0 Å². The zero-order valence-corrected chi connectivity index (χ0v) is 12.3. The highest BCUT2D eigenvalue weighted by atomic mass is 15.2. The van der Waals surface area contributed by atoms with Crippen LogP contribution in [-0.2, 0) is 0 Å². The number of piperidine rings is 1. The van der Waals surface area contributed by atoms with Crippen molar-refractivity contribution in [1.29, 1.82) is 0 Å². The number of likely N-dealkylation sites (tertiary alicyclic amines) is 1. The fourth-order valence-electron chi connectivity index (χ4n) is 3.82. The molecule has 0 spiro atoms. The lowest BCUT2D eigenvalue weighted by molar-refractivity contribution is 0.114. The number of hydrogen-bond acceptors (Lipinski definition) is 2. The topological polar surface area (TPSA) is 15.3 Å². The van der Waals surface area contributed by atoms with E-state index in [2.05, 4.69) is 17.3 Å². The van der Waals surface area contributed by atoms with Crippen molar-refractivity contribution < 1.29 is 0 Å². The molecule has 0 amide bonds. The molecule has 2 nitrogen and oxygen atoms in total. The van der Waals surface area contributed by atoms with Gasteiger partial charge < -0.3 is 10.2 Å². The standard InChI is InChI=1S/C16H32N2/c1-17-12-11-16-10-6-7-13-18(16)14-15-8-4-2-3-5-9-15/h15-17H,2-14H2,1H3. The summed E-state index contributed by atoms with van der Waals surface area (Å²) < 4.78 is 0. The lowest BCUT2D eigenvalue weighted by Crippen LogP contribution is -2.43. The molecule has 0 radical (unpaired) electrons. The summed E-state index contributed by atoms with van der Waals surface area (Å²) >= 11 is 0. The Kier molecular flexibility index (Phi) is 6.50. The van der Waals surface area contributed by atoms with Crippen molar-refractivity contribution in [2.24, 2.45) is 5.92 Å². The van der Waals surface area contributed by atoms with Crippen LogP contribution in [0.5, 0.6) is 0 Å². The van der Waals surface area contributed by atoms with Crippen LogP contribution >= 0.6 is 0 Å². The number of nitrogens with zero attached hydrogens (tertiary/aromatic N) is 1. The lowest BCUT2D eigenvalue weighted by atomic mass is 9.94. The van der Waals surface area contributed by atoms with Crippen LogP contribution in [0.4, 0.5) is 0 Å². The maximum absolute atomic E-state index is 3.32. The quantitative estimate of drug-likeness (QED) is 0.754. The van der Waals surface area contributed by atoms with Crippen molar-refractivity contribution in [3.05, 3.63) is 0 Å². The van der Waals surface area contributed by atoms with Crippen LogP contribution < -0.4 is 5.32 Å². The SMILES string of the molecule is CNCCC1CCCCN1CC1CCCCCC1. The van der Waals surface area contributed by atoms with Crippen LogP contribution in [0.3, 0.4) is 0 Å². The number of nitrogens with one attached hydrogen (secondary N) is 1. The minimum atomic E-state index is 0.870. The molecule has 0 bridgehead atoms. The summed E-state index contributed by atoms with van der Waals surface area (Å²) in [5.74, 6) is 1.00. The molecule has 18 heavy (non-hydrogen) atoms. The van der Waals surface area contributed by atoms with E-state index in [0.717, 1.165) is 12.0 Å². The van der Waals surface area contributed by atoms with Crippen molar-refractivity contribution in [1.82, 2.24) is 10.2 Å². The summed E-state index contributed by atoms with van der Waals surface area (Å²) in [6, 6.07) is 0.870. The summed E-state index contributed by atoms with van der Waals surface area (Å²) in [7, 11) is 2.08. The van der Waals surface area contributed by atoms with E-state index in [9.17, 15) is 0 Å². The first-order valence-electron chi connectivity index (χ1n) is 8.29. The first kappa shape index (κ1) is 14.3. The van der Waals surface area contributed by atoms with Gasteiger partial charge in [0.25, 0.3) is 0 Å². The Labute approximate surface area is 114 Å². The predicted molar refractivity (Wildman–Crippen MR) is 78.9 cm³/mol. The fourth-order valence-corrected chi connectivity index (χ4v) is 3.82. The molecule has 1 aliphatic carbocycles. The van der Waals surface area contributed by atoms with Crippen molar-refractivity contribution >= 4 is 0 Å². The molecule has 1 heterocycles. The van der Waals surface area contributed by atoms with Crippen LogP contribution in [0.25, 0.3) is 0 Å². The molecule has 1 saturated heterocycles. The van der Waals surface area contributed by atoms with E-state index in [1.165, 1.54) is 83.8 Å². The molecule has 1 N–H and O–H groups in total. The van der Waals surface area contributed by atoms with E-state index in [1.54, 1.807) is 0 Å². The molecule has 2 rings (SSSR count). The Balaban J connectivity index is 1.79. The molecule has 0 aromatic rings. The Bertz CT molecular complexity index is 209. The molecule has 1 saturated carbocycles. The van der Waals surface area contributed by atoms with Crippen LogP contribution in [-0.4, -0.2) is 37.6 Å². The Morgan fingerprint density at radius 2 is 1.67 bits per heavy atom. The van der Waals surface area contributed by atoms with Gasteiger partial charge in [0.1, 0.15) is 0 Å². The van der Waals surface area contributed by atoms with Gasteiger partial charge in [-0.25, -0.2) is 0 Å². The molecular formula is C16H32N2. The smallest absolute Gasteiger partial charge is 0.0107 e. The summed E-state index contributed by atoms with van der Waals surface area (Å²) in [6.07, 6.45) is 14.6. The second-order valence-corrected chi connectivity index (χ2v) is 6.39. The molecule has 2 fully saturated rings. The lowest BCUT2D eigenvalue weighted by Gasteiger charge is -2.38. The van der Waals surface area contributed by atoms with Crippen molar-refractivity contribution in [2.45, 2.75) is 70.3 Å². The first-order chi connectivity index (χ1) is 8.90. The molecule has 2 heteroatoms. The second-order valence-electron chi connectivity index (χ2n) is 6.39. The maximum atomic E-state index is 3.32. The van der Waals surface area contributed by atoms with Crippen molar-refractivity contribution in [2.75, 3.05) is 26.7 Å². The zero-order valence-electron chi connectivity index (χ0n) is 12.3. The Hall–Kier alpha value is -0.0800. The van der Waals surface area contributed by atoms with Gasteiger partial charge in [0, 0.05) is 12.6 Å². The summed E-state index contributed by atoms with van der Waals surface area (Å²) in [5, 5.41) is 3.32. The zero-order chi connectivity index (χ0) is 12.6. The number of rotatable bonds is 5. The number of hydrogen-bond donors (Lipinski definition) is 1. The Morgan fingerprint density at radius 3 is 2.39 bits per heavy atom. The van der Waals surface area contributed by atoms with Gasteiger partial charge in [-0.05, 0) is 58.2 Å². The highest BCUT2D eigenvalue weighted by Crippen LogP contribution is 2.27. The third-order valence-corrected chi connectivity index (χ3v) is 4.94. The molecule has 0 aromatic carbocycles. The van der Waals surface area contributed by atoms with Gasteiger partial charge in [0.2, 0.25) is 0 Å². The van der Waals surface area contributed by atoms with Crippen molar-refractivity contribution in [3.63, 3.8) is 0 Å². The van der Waals surface area contributed by atoms with Crippen molar-refractivity contribution in [3.8, 4) is 0 Å². The second kappa shape index (κ2) is 8.16.